The Kier molecular flexibility index (Phi) is 10.3. The van der Waals surface area contributed by atoms with Crippen LogP contribution in [0.4, 0.5) is 4.79 Å². The molecule has 0 aliphatic heterocycles. The standard InChI is InChI=1S/C21H38O3/c22-21(23-19-15-11-7-3-1-4-8-12-16-19)24-20-17-13-9-5-2-6-10-14-18-20/h19-20H,1-18H2. The van der Waals surface area contributed by atoms with Crippen molar-refractivity contribution >= 4 is 6.16 Å². The first-order valence-corrected chi connectivity index (χ1v) is 10.7. The molecule has 2 aliphatic rings. The van der Waals surface area contributed by atoms with Gasteiger partial charge in [-0.2, -0.15) is 0 Å². The highest BCUT2D eigenvalue weighted by atomic mass is 16.7. The van der Waals surface area contributed by atoms with Gasteiger partial charge < -0.3 is 9.47 Å². The molecule has 2 rings (SSSR count). The molecule has 0 spiro atoms. The van der Waals surface area contributed by atoms with Gasteiger partial charge in [0.2, 0.25) is 0 Å². The van der Waals surface area contributed by atoms with Crippen LogP contribution in [0.5, 0.6) is 0 Å². The summed E-state index contributed by atoms with van der Waals surface area (Å²) >= 11 is 0. The van der Waals surface area contributed by atoms with E-state index in [1.165, 1.54) is 89.9 Å². The summed E-state index contributed by atoms with van der Waals surface area (Å²) in [4.78, 5) is 12.2. The van der Waals surface area contributed by atoms with Crippen molar-refractivity contribution in [1.82, 2.24) is 0 Å². The van der Waals surface area contributed by atoms with Gasteiger partial charge in [-0.05, 0) is 51.4 Å². The minimum Gasteiger partial charge on any atom is -0.431 e. The third-order valence-corrected chi connectivity index (χ3v) is 5.63. The van der Waals surface area contributed by atoms with Crippen molar-refractivity contribution < 1.29 is 14.3 Å². The van der Waals surface area contributed by atoms with Gasteiger partial charge in [-0.1, -0.05) is 64.2 Å². The van der Waals surface area contributed by atoms with Crippen molar-refractivity contribution in [2.75, 3.05) is 0 Å². The van der Waals surface area contributed by atoms with Crippen LogP contribution in [0, 0.1) is 0 Å². The maximum atomic E-state index is 12.2. The molecule has 2 fully saturated rings. The quantitative estimate of drug-likeness (QED) is 0.512. The lowest BCUT2D eigenvalue weighted by Gasteiger charge is -2.22. The van der Waals surface area contributed by atoms with Gasteiger partial charge in [-0.25, -0.2) is 4.79 Å². The first-order valence-electron chi connectivity index (χ1n) is 10.7. The molecule has 2 saturated carbocycles. The normalized spacial score (nSPS) is 24.0. The topological polar surface area (TPSA) is 35.5 Å². The Morgan fingerprint density at radius 1 is 0.458 bits per heavy atom. The zero-order chi connectivity index (χ0) is 16.9. The maximum Gasteiger partial charge on any atom is 0.508 e. The van der Waals surface area contributed by atoms with E-state index in [1.807, 2.05) is 0 Å². The molecule has 0 radical (unpaired) electrons. The van der Waals surface area contributed by atoms with Crippen LogP contribution >= 0.6 is 0 Å². The highest BCUT2D eigenvalue weighted by Crippen LogP contribution is 2.22. The molecule has 0 aromatic carbocycles. The SMILES string of the molecule is O=C(OC1CCCCCCCCC1)OC1CCCCCCCCC1. The van der Waals surface area contributed by atoms with Crippen molar-refractivity contribution in [1.29, 1.82) is 0 Å². The molecule has 0 aromatic heterocycles. The second-order valence-electron chi connectivity index (χ2n) is 7.83. The molecule has 0 N–H and O–H groups in total. The average Bonchev–Trinajstić information content (AvgIpc) is 2.59. The first kappa shape index (κ1) is 19.6. The highest BCUT2D eigenvalue weighted by Gasteiger charge is 2.20. The summed E-state index contributed by atoms with van der Waals surface area (Å²) in [5.74, 6) is 0. The van der Waals surface area contributed by atoms with Gasteiger partial charge >= 0.3 is 6.16 Å². The molecular weight excluding hydrogens is 300 g/mol. The van der Waals surface area contributed by atoms with Crippen LogP contribution in [0.25, 0.3) is 0 Å². The Balaban J connectivity index is 1.72. The minimum atomic E-state index is -0.404. The van der Waals surface area contributed by atoms with Gasteiger partial charge in [-0.3, -0.25) is 0 Å². The molecule has 0 atom stereocenters. The second-order valence-corrected chi connectivity index (χ2v) is 7.83. The Morgan fingerprint density at radius 3 is 1.00 bits per heavy atom. The molecule has 0 bridgehead atoms. The van der Waals surface area contributed by atoms with E-state index in [-0.39, 0.29) is 12.2 Å². The summed E-state index contributed by atoms with van der Waals surface area (Å²) in [6.07, 6.45) is 21.7. The molecule has 2 aliphatic carbocycles. The molecule has 0 heterocycles. The summed E-state index contributed by atoms with van der Waals surface area (Å²) < 4.78 is 11.4. The van der Waals surface area contributed by atoms with Crippen LogP contribution in [0.1, 0.15) is 116 Å². The number of carbonyl (C=O) groups is 1. The molecule has 3 nitrogen and oxygen atoms in total. The molecule has 3 heteroatoms. The van der Waals surface area contributed by atoms with Crippen LogP contribution in [0.2, 0.25) is 0 Å². The predicted octanol–water partition coefficient (Wildman–Crippen LogP) is 6.93. The second kappa shape index (κ2) is 12.6. The largest absolute Gasteiger partial charge is 0.508 e. The zero-order valence-electron chi connectivity index (χ0n) is 15.6. The zero-order valence-corrected chi connectivity index (χ0v) is 15.6. The average molecular weight is 339 g/mol. The van der Waals surface area contributed by atoms with Crippen molar-refractivity contribution in [2.24, 2.45) is 0 Å². The van der Waals surface area contributed by atoms with Gasteiger partial charge in [0, 0.05) is 0 Å². The van der Waals surface area contributed by atoms with Crippen molar-refractivity contribution in [2.45, 2.75) is 128 Å². The number of carbonyl (C=O) groups excluding carboxylic acids is 1. The molecule has 140 valence electrons. The van der Waals surface area contributed by atoms with Crippen molar-refractivity contribution in [3.8, 4) is 0 Å². The lowest BCUT2D eigenvalue weighted by Crippen LogP contribution is -2.24. The lowest BCUT2D eigenvalue weighted by atomic mass is 9.99. The summed E-state index contributed by atoms with van der Waals surface area (Å²) in [5, 5.41) is 0. The summed E-state index contributed by atoms with van der Waals surface area (Å²) in [6.45, 7) is 0. The predicted molar refractivity (Wildman–Crippen MR) is 98.2 cm³/mol. The Morgan fingerprint density at radius 2 is 0.708 bits per heavy atom. The third-order valence-electron chi connectivity index (χ3n) is 5.63. The Hall–Kier alpha value is -0.730. The molecule has 0 unspecified atom stereocenters. The smallest absolute Gasteiger partial charge is 0.431 e. The summed E-state index contributed by atoms with van der Waals surface area (Å²) in [5.41, 5.74) is 0. The molecular formula is C21H38O3. The summed E-state index contributed by atoms with van der Waals surface area (Å²) in [6, 6.07) is 0. The monoisotopic (exact) mass is 338 g/mol. The summed E-state index contributed by atoms with van der Waals surface area (Å²) in [7, 11) is 0. The van der Waals surface area contributed by atoms with Crippen LogP contribution < -0.4 is 0 Å². The number of rotatable bonds is 2. The third kappa shape index (κ3) is 8.94. The van der Waals surface area contributed by atoms with E-state index in [9.17, 15) is 4.79 Å². The van der Waals surface area contributed by atoms with Gasteiger partial charge in [0.05, 0.1) is 0 Å². The van der Waals surface area contributed by atoms with Gasteiger partial charge in [0.1, 0.15) is 12.2 Å². The fraction of sp³-hybridized carbons (Fsp3) is 0.952. The molecule has 0 amide bonds. The Bertz CT molecular complexity index is 279. The van der Waals surface area contributed by atoms with Gasteiger partial charge in [0.25, 0.3) is 0 Å². The van der Waals surface area contributed by atoms with Crippen LogP contribution in [0.3, 0.4) is 0 Å². The minimum absolute atomic E-state index is 0.0788. The molecule has 0 saturated heterocycles. The van der Waals surface area contributed by atoms with Crippen molar-refractivity contribution in [3.63, 3.8) is 0 Å². The van der Waals surface area contributed by atoms with E-state index in [1.54, 1.807) is 0 Å². The van der Waals surface area contributed by atoms with E-state index >= 15 is 0 Å². The highest BCUT2D eigenvalue weighted by molar-refractivity contribution is 5.60. The van der Waals surface area contributed by atoms with E-state index in [0.29, 0.717) is 0 Å². The van der Waals surface area contributed by atoms with Crippen LogP contribution in [-0.2, 0) is 9.47 Å². The van der Waals surface area contributed by atoms with Gasteiger partial charge in [-0.15, -0.1) is 0 Å². The van der Waals surface area contributed by atoms with E-state index in [0.717, 1.165) is 25.7 Å². The Labute approximate surface area is 148 Å². The number of hydrogen-bond donors (Lipinski definition) is 0. The van der Waals surface area contributed by atoms with Crippen molar-refractivity contribution in [3.05, 3.63) is 0 Å². The molecule has 0 aromatic rings. The maximum absolute atomic E-state index is 12.2. The fourth-order valence-electron chi connectivity index (χ4n) is 4.08. The van der Waals surface area contributed by atoms with E-state index in [2.05, 4.69) is 0 Å². The number of hydrogen-bond acceptors (Lipinski definition) is 3. The molecule has 24 heavy (non-hydrogen) atoms. The van der Waals surface area contributed by atoms with Crippen LogP contribution in [0.15, 0.2) is 0 Å². The lowest BCUT2D eigenvalue weighted by molar-refractivity contribution is -0.0125. The first-order chi connectivity index (χ1) is 11.8. The van der Waals surface area contributed by atoms with Crippen LogP contribution in [-0.4, -0.2) is 18.4 Å². The van der Waals surface area contributed by atoms with Gasteiger partial charge in [0.15, 0.2) is 0 Å². The van der Waals surface area contributed by atoms with E-state index in [4.69, 9.17) is 9.47 Å². The fourth-order valence-corrected chi connectivity index (χ4v) is 4.08. The number of ether oxygens (including phenoxy) is 2. The van der Waals surface area contributed by atoms with E-state index < -0.39 is 6.16 Å².